The molecule has 1 aromatic rings. The van der Waals surface area contributed by atoms with E-state index in [9.17, 15) is 9.90 Å². The molecule has 0 aromatic heterocycles. The third kappa shape index (κ3) is 3.31. The van der Waals surface area contributed by atoms with E-state index in [0.717, 1.165) is 18.4 Å². The summed E-state index contributed by atoms with van der Waals surface area (Å²) in [7, 11) is 0. The molecule has 0 saturated carbocycles. The largest absolute Gasteiger partial charge is 0.480 e. The third-order valence-electron chi connectivity index (χ3n) is 3.26. The Balaban J connectivity index is 1.97. The molecule has 2 N–H and O–H groups in total. The maximum atomic E-state index is 10.3. The van der Waals surface area contributed by atoms with Gasteiger partial charge in [-0.15, -0.1) is 0 Å². The fraction of sp³-hybridized carbons (Fsp3) is 0.500. The average molecular weight is 250 g/mol. The Labute approximate surface area is 106 Å². The van der Waals surface area contributed by atoms with Crippen LogP contribution in [0.5, 0.6) is 0 Å². The second-order valence-corrected chi connectivity index (χ2v) is 4.66. The monoisotopic (exact) mass is 250 g/mol. The Hall–Kier alpha value is -1.39. The molecule has 1 aromatic carbocycles. The summed E-state index contributed by atoms with van der Waals surface area (Å²) < 4.78 is 4.91. The normalized spacial score (nSPS) is 16.1. The van der Waals surface area contributed by atoms with Crippen LogP contribution in [-0.2, 0) is 22.4 Å². The molecule has 1 atom stereocenters. The number of carboxylic acid groups (broad SMARTS) is 1. The molecule has 0 amide bonds. The van der Waals surface area contributed by atoms with E-state index in [4.69, 9.17) is 9.84 Å². The number of aryl methyl sites for hydroxylation is 2. The zero-order valence-electron chi connectivity index (χ0n) is 10.3. The van der Waals surface area contributed by atoms with Gasteiger partial charge >= 0.3 is 5.97 Å². The van der Waals surface area contributed by atoms with Crippen LogP contribution in [-0.4, -0.2) is 29.4 Å². The highest BCUT2D eigenvalue weighted by Crippen LogP contribution is 2.24. The molecule has 0 aliphatic heterocycles. The molecule has 0 heterocycles. The highest BCUT2D eigenvalue weighted by atomic mass is 16.5. The van der Waals surface area contributed by atoms with E-state index in [1.165, 1.54) is 24.0 Å². The van der Waals surface area contributed by atoms with E-state index >= 15 is 0 Å². The van der Waals surface area contributed by atoms with Crippen molar-refractivity contribution in [3.05, 3.63) is 34.9 Å². The van der Waals surface area contributed by atoms with Gasteiger partial charge in [-0.3, -0.25) is 0 Å². The number of hydrogen-bond donors (Lipinski definition) is 2. The van der Waals surface area contributed by atoms with Gasteiger partial charge in [0.25, 0.3) is 0 Å². The third-order valence-corrected chi connectivity index (χ3v) is 3.26. The first-order valence-corrected chi connectivity index (χ1v) is 6.26. The quantitative estimate of drug-likeness (QED) is 0.834. The van der Waals surface area contributed by atoms with Crippen molar-refractivity contribution in [1.29, 1.82) is 0 Å². The molecule has 0 spiro atoms. The first kappa shape index (κ1) is 13.1. The van der Waals surface area contributed by atoms with Gasteiger partial charge in [0.05, 0.1) is 6.61 Å². The minimum Gasteiger partial charge on any atom is -0.480 e. The maximum Gasteiger partial charge on any atom is 0.329 e. The summed E-state index contributed by atoms with van der Waals surface area (Å²) in [5, 5.41) is 18.4. The Bertz CT molecular complexity index is 428. The fourth-order valence-electron chi connectivity index (χ4n) is 2.31. The lowest BCUT2D eigenvalue weighted by Gasteiger charge is -2.18. The molecule has 1 aliphatic carbocycles. The lowest BCUT2D eigenvalue weighted by molar-refractivity contribution is -0.143. The van der Waals surface area contributed by atoms with Crippen molar-refractivity contribution in [3.8, 4) is 0 Å². The van der Waals surface area contributed by atoms with Crippen LogP contribution >= 0.6 is 0 Å². The first-order valence-electron chi connectivity index (χ1n) is 6.26. The van der Waals surface area contributed by atoms with E-state index in [2.05, 4.69) is 6.07 Å². The lowest BCUT2D eigenvalue weighted by Crippen LogP contribution is -2.13. The van der Waals surface area contributed by atoms with Gasteiger partial charge in [0.15, 0.2) is 0 Å². The van der Waals surface area contributed by atoms with Crippen LogP contribution < -0.4 is 0 Å². The molecular formula is C14H18O4. The summed E-state index contributed by atoms with van der Waals surface area (Å²) in [5.74, 6) is -1.02. The summed E-state index contributed by atoms with van der Waals surface area (Å²) in [6.45, 7) is -0.354. The van der Waals surface area contributed by atoms with Crippen LogP contribution in [0.15, 0.2) is 18.2 Å². The van der Waals surface area contributed by atoms with Gasteiger partial charge in [-0.05, 0) is 42.4 Å². The topological polar surface area (TPSA) is 66.8 Å². The molecule has 0 bridgehead atoms. The van der Waals surface area contributed by atoms with Gasteiger partial charge in [0.2, 0.25) is 0 Å². The number of aliphatic carboxylic acids is 1. The molecule has 4 heteroatoms. The number of aliphatic hydroxyl groups is 1. The van der Waals surface area contributed by atoms with Crippen molar-refractivity contribution in [1.82, 2.24) is 0 Å². The number of carbonyl (C=O) groups is 1. The minimum atomic E-state index is -1.02. The SMILES string of the molecule is O=C(O)COCC(O)c1ccc2c(c1)CCCC2. The zero-order chi connectivity index (χ0) is 13.0. The summed E-state index contributed by atoms with van der Waals surface area (Å²) in [4.78, 5) is 10.3. The summed E-state index contributed by atoms with van der Waals surface area (Å²) in [6, 6.07) is 5.98. The van der Waals surface area contributed by atoms with Gasteiger partial charge in [0, 0.05) is 0 Å². The van der Waals surface area contributed by atoms with Gasteiger partial charge in [-0.2, -0.15) is 0 Å². The number of aliphatic hydroxyl groups excluding tert-OH is 1. The highest BCUT2D eigenvalue weighted by Gasteiger charge is 2.13. The molecule has 0 radical (unpaired) electrons. The fourth-order valence-corrected chi connectivity index (χ4v) is 2.31. The molecule has 1 aliphatic rings. The van der Waals surface area contributed by atoms with Gasteiger partial charge in [-0.1, -0.05) is 18.2 Å². The van der Waals surface area contributed by atoms with Crippen LogP contribution in [0.25, 0.3) is 0 Å². The molecule has 98 valence electrons. The molecule has 4 nitrogen and oxygen atoms in total. The van der Waals surface area contributed by atoms with E-state index < -0.39 is 12.1 Å². The van der Waals surface area contributed by atoms with Crippen molar-refractivity contribution in [3.63, 3.8) is 0 Å². The van der Waals surface area contributed by atoms with Crippen LogP contribution in [0.4, 0.5) is 0 Å². The average Bonchev–Trinajstić information content (AvgIpc) is 2.37. The van der Waals surface area contributed by atoms with Gasteiger partial charge in [-0.25, -0.2) is 4.79 Å². The van der Waals surface area contributed by atoms with Crippen molar-refractivity contribution in [2.75, 3.05) is 13.2 Å². The van der Waals surface area contributed by atoms with Crippen LogP contribution in [0.3, 0.4) is 0 Å². The van der Waals surface area contributed by atoms with Crippen molar-refractivity contribution < 1.29 is 19.7 Å². The first-order chi connectivity index (χ1) is 8.66. The van der Waals surface area contributed by atoms with E-state index in [-0.39, 0.29) is 13.2 Å². The van der Waals surface area contributed by atoms with Gasteiger partial charge in [0.1, 0.15) is 12.7 Å². The molecule has 2 rings (SSSR count). The second-order valence-electron chi connectivity index (χ2n) is 4.66. The Morgan fingerprint density at radius 2 is 2.00 bits per heavy atom. The number of rotatable bonds is 5. The van der Waals surface area contributed by atoms with E-state index in [1.54, 1.807) is 0 Å². The maximum absolute atomic E-state index is 10.3. The molecular weight excluding hydrogens is 232 g/mol. The predicted molar refractivity (Wildman–Crippen MR) is 66.5 cm³/mol. The Morgan fingerprint density at radius 1 is 1.28 bits per heavy atom. The lowest BCUT2D eigenvalue weighted by atomic mass is 9.89. The van der Waals surface area contributed by atoms with Crippen LogP contribution in [0, 0.1) is 0 Å². The summed E-state index contributed by atoms with van der Waals surface area (Å²) in [5.41, 5.74) is 3.47. The zero-order valence-corrected chi connectivity index (χ0v) is 10.3. The van der Waals surface area contributed by atoms with E-state index in [0.29, 0.717) is 0 Å². The van der Waals surface area contributed by atoms with Crippen LogP contribution in [0.2, 0.25) is 0 Å². The smallest absolute Gasteiger partial charge is 0.329 e. The number of carboxylic acids is 1. The second kappa shape index (κ2) is 5.98. The number of ether oxygens (including phenoxy) is 1. The number of fused-ring (bicyclic) bond motifs is 1. The standard InChI is InChI=1S/C14H18O4/c15-13(8-18-9-14(16)17)12-6-5-10-3-1-2-4-11(10)7-12/h5-7,13,15H,1-4,8-9H2,(H,16,17). The molecule has 0 fully saturated rings. The Morgan fingerprint density at radius 3 is 2.72 bits per heavy atom. The van der Waals surface area contributed by atoms with Crippen molar-refractivity contribution in [2.45, 2.75) is 31.8 Å². The highest BCUT2D eigenvalue weighted by molar-refractivity contribution is 5.67. The van der Waals surface area contributed by atoms with E-state index in [1.807, 2.05) is 12.1 Å². The molecule has 1 unspecified atom stereocenters. The van der Waals surface area contributed by atoms with Crippen LogP contribution in [0.1, 0.15) is 35.6 Å². The summed E-state index contributed by atoms with van der Waals surface area (Å²) in [6.07, 6.45) is 3.85. The Kier molecular flexibility index (Phi) is 4.33. The number of hydrogen-bond acceptors (Lipinski definition) is 3. The van der Waals surface area contributed by atoms with Gasteiger partial charge < -0.3 is 14.9 Å². The summed E-state index contributed by atoms with van der Waals surface area (Å²) >= 11 is 0. The number of benzene rings is 1. The molecule has 0 saturated heterocycles. The minimum absolute atomic E-state index is 0.0189. The molecule has 18 heavy (non-hydrogen) atoms. The van der Waals surface area contributed by atoms with Crippen molar-refractivity contribution in [2.24, 2.45) is 0 Å². The van der Waals surface area contributed by atoms with Crippen molar-refractivity contribution >= 4 is 5.97 Å². The predicted octanol–water partition coefficient (Wildman–Crippen LogP) is 1.70.